The molecule has 1 amide bonds. The van der Waals surface area contributed by atoms with Gasteiger partial charge in [-0.2, -0.15) is 0 Å². The normalized spacial score (nSPS) is 17.8. The fourth-order valence-electron chi connectivity index (χ4n) is 2.28. The largest absolute Gasteiger partial charge is 0.480 e. The van der Waals surface area contributed by atoms with Crippen molar-refractivity contribution in [3.8, 4) is 0 Å². The summed E-state index contributed by atoms with van der Waals surface area (Å²) in [4.78, 5) is 34.5. The molecule has 1 aliphatic heterocycles. The number of hydrogen-bond donors (Lipinski definition) is 1. The maximum absolute atomic E-state index is 13.5. The molecule has 2 rings (SSSR count). The van der Waals surface area contributed by atoms with Crippen LogP contribution in [0.2, 0.25) is 0 Å². The number of likely N-dealkylation sites (tertiary alicyclic amines) is 1. The zero-order valence-corrected chi connectivity index (χ0v) is 12.2. The van der Waals surface area contributed by atoms with Gasteiger partial charge in [0, 0.05) is 6.54 Å². The Morgan fingerprint density at radius 3 is 2.71 bits per heavy atom. The van der Waals surface area contributed by atoms with Crippen molar-refractivity contribution in [2.45, 2.75) is 18.9 Å². The lowest BCUT2D eigenvalue weighted by atomic mass is 10.1. The number of amides is 1. The number of carboxylic acid groups (broad SMARTS) is 1. The predicted molar refractivity (Wildman–Crippen MR) is 72.4 cm³/mol. The minimum atomic E-state index is -1.15. The van der Waals surface area contributed by atoms with Crippen molar-refractivity contribution in [1.29, 1.82) is 0 Å². The Kier molecular flexibility index (Phi) is 4.21. The number of nitrogens with zero attached hydrogens (tertiary/aromatic N) is 2. The van der Waals surface area contributed by atoms with Crippen LogP contribution < -0.4 is 0 Å². The van der Waals surface area contributed by atoms with E-state index in [-0.39, 0.29) is 16.6 Å². The fraction of sp³-hybridized carbons (Fsp3) is 0.333. The van der Waals surface area contributed by atoms with Gasteiger partial charge in [-0.1, -0.05) is 0 Å². The van der Waals surface area contributed by atoms with E-state index in [4.69, 9.17) is 5.11 Å². The van der Waals surface area contributed by atoms with E-state index in [1.165, 1.54) is 0 Å². The van der Waals surface area contributed by atoms with Crippen molar-refractivity contribution in [2.75, 3.05) is 6.54 Å². The van der Waals surface area contributed by atoms with Gasteiger partial charge in [0.1, 0.15) is 16.3 Å². The molecule has 7 nitrogen and oxygen atoms in total. The molecule has 0 aliphatic carbocycles. The van der Waals surface area contributed by atoms with Gasteiger partial charge in [0.05, 0.1) is 16.6 Å². The summed E-state index contributed by atoms with van der Waals surface area (Å²) in [7, 11) is 0. The maximum Gasteiger partial charge on any atom is 0.326 e. The Bertz CT molecular complexity index is 636. The first-order valence-corrected chi connectivity index (χ1v) is 6.79. The van der Waals surface area contributed by atoms with Gasteiger partial charge in [-0.15, -0.1) is 0 Å². The first-order chi connectivity index (χ1) is 9.82. The zero-order chi connectivity index (χ0) is 15.7. The van der Waals surface area contributed by atoms with Crippen LogP contribution in [-0.4, -0.2) is 39.4 Å². The van der Waals surface area contributed by atoms with Crippen LogP contribution in [0.25, 0.3) is 0 Å². The van der Waals surface area contributed by atoms with Crippen LogP contribution in [0.5, 0.6) is 0 Å². The molecule has 21 heavy (non-hydrogen) atoms. The Morgan fingerprint density at radius 2 is 2.14 bits per heavy atom. The van der Waals surface area contributed by atoms with Gasteiger partial charge >= 0.3 is 5.97 Å². The summed E-state index contributed by atoms with van der Waals surface area (Å²) in [6, 6.07) is 0.558. The molecule has 1 unspecified atom stereocenters. The summed E-state index contributed by atoms with van der Waals surface area (Å²) in [5.74, 6) is -2.82. The van der Waals surface area contributed by atoms with Crippen LogP contribution in [0.15, 0.2) is 16.6 Å². The van der Waals surface area contributed by atoms with Crippen LogP contribution in [0.3, 0.4) is 0 Å². The molecule has 1 saturated heterocycles. The molecule has 1 aromatic rings. The minimum Gasteiger partial charge on any atom is -0.480 e. The second-order valence-electron chi connectivity index (χ2n) is 4.54. The van der Waals surface area contributed by atoms with E-state index in [1.807, 2.05) is 0 Å². The van der Waals surface area contributed by atoms with Crippen LogP contribution in [0, 0.1) is 15.9 Å². The van der Waals surface area contributed by atoms with Crippen molar-refractivity contribution in [3.63, 3.8) is 0 Å². The summed E-state index contributed by atoms with van der Waals surface area (Å²) >= 11 is 2.92. The average Bonchev–Trinajstić information content (AvgIpc) is 2.89. The molecule has 1 heterocycles. The van der Waals surface area contributed by atoms with E-state index >= 15 is 0 Å². The van der Waals surface area contributed by atoms with Gasteiger partial charge in [-0.25, -0.2) is 9.18 Å². The molecule has 9 heteroatoms. The van der Waals surface area contributed by atoms with Gasteiger partial charge in [0.2, 0.25) is 0 Å². The first kappa shape index (κ1) is 15.4. The number of carbonyl (C=O) groups excluding carboxylic acids is 1. The lowest BCUT2D eigenvalue weighted by Crippen LogP contribution is -2.40. The Balaban J connectivity index is 2.44. The van der Waals surface area contributed by atoms with E-state index in [1.54, 1.807) is 0 Å². The molecule has 112 valence electrons. The molecular weight excluding hydrogens is 351 g/mol. The highest BCUT2D eigenvalue weighted by Gasteiger charge is 2.36. The number of benzene rings is 1. The molecule has 1 aromatic carbocycles. The highest BCUT2D eigenvalue weighted by molar-refractivity contribution is 9.10. The molecule has 0 spiro atoms. The van der Waals surface area contributed by atoms with E-state index in [0.29, 0.717) is 18.9 Å². The molecular formula is C12H10BrFN2O5. The quantitative estimate of drug-likeness (QED) is 0.657. The van der Waals surface area contributed by atoms with Crippen LogP contribution in [-0.2, 0) is 4.79 Å². The van der Waals surface area contributed by atoms with E-state index < -0.39 is 34.3 Å². The third-order valence-corrected chi connectivity index (χ3v) is 4.08. The number of carbonyl (C=O) groups is 2. The molecule has 0 saturated carbocycles. The third kappa shape index (κ3) is 2.87. The van der Waals surface area contributed by atoms with Gasteiger partial charge < -0.3 is 10.0 Å². The molecule has 0 aromatic heterocycles. The number of carboxylic acids is 1. The van der Waals surface area contributed by atoms with Gasteiger partial charge in [0.25, 0.3) is 11.6 Å². The molecule has 1 aliphatic rings. The van der Waals surface area contributed by atoms with E-state index in [9.17, 15) is 24.1 Å². The van der Waals surface area contributed by atoms with Crippen molar-refractivity contribution >= 4 is 33.5 Å². The predicted octanol–water partition coefficient (Wildman–Crippen LogP) is 2.19. The monoisotopic (exact) mass is 360 g/mol. The zero-order valence-electron chi connectivity index (χ0n) is 10.6. The van der Waals surface area contributed by atoms with Crippen molar-refractivity contribution < 1.29 is 24.0 Å². The lowest BCUT2D eigenvalue weighted by Gasteiger charge is -2.21. The fourth-order valence-corrected chi connectivity index (χ4v) is 2.83. The standard InChI is InChI=1S/C12H10BrFN2O5/c13-10-7(4-6(14)5-9(10)16(20)21)11(17)15-3-1-2-8(15)12(18)19/h4-5,8H,1-3H2,(H,18,19). The number of hydrogen-bond acceptors (Lipinski definition) is 4. The Labute approximate surface area is 126 Å². The minimum absolute atomic E-state index is 0.157. The molecule has 0 radical (unpaired) electrons. The van der Waals surface area contributed by atoms with Gasteiger partial charge in [0.15, 0.2) is 0 Å². The second-order valence-corrected chi connectivity index (χ2v) is 5.33. The molecule has 1 N–H and O–H groups in total. The number of halogens is 2. The highest BCUT2D eigenvalue weighted by Crippen LogP contribution is 2.32. The first-order valence-electron chi connectivity index (χ1n) is 6.00. The van der Waals surface area contributed by atoms with Crippen LogP contribution >= 0.6 is 15.9 Å². The molecule has 1 atom stereocenters. The molecule has 0 bridgehead atoms. The van der Waals surface area contributed by atoms with Crippen molar-refractivity contribution in [3.05, 3.63) is 38.1 Å². The summed E-state index contributed by atoms with van der Waals surface area (Å²) in [6.45, 7) is 0.215. The van der Waals surface area contributed by atoms with Crippen LogP contribution in [0.1, 0.15) is 23.2 Å². The Hall–Kier alpha value is -2.03. The third-order valence-electron chi connectivity index (χ3n) is 3.24. The van der Waals surface area contributed by atoms with E-state index in [0.717, 1.165) is 11.0 Å². The van der Waals surface area contributed by atoms with Crippen molar-refractivity contribution in [1.82, 2.24) is 4.90 Å². The lowest BCUT2D eigenvalue weighted by molar-refractivity contribution is -0.385. The summed E-state index contributed by atoms with van der Waals surface area (Å²) < 4.78 is 13.3. The highest BCUT2D eigenvalue weighted by atomic mass is 79.9. The number of nitro groups is 1. The number of aliphatic carboxylic acids is 1. The summed E-state index contributed by atoms with van der Waals surface area (Å²) in [6.07, 6.45) is 0.813. The van der Waals surface area contributed by atoms with Gasteiger partial charge in [-0.05, 0) is 34.8 Å². The SMILES string of the molecule is O=C(O)C1CCCN1C(=O)c1cc(F)cc([N+](=O)[O-])c1Br. The van der Waals surface area contributed by atoms with Gasteiger partial charge in [-0.3, -0.25) is 14.9 Å². The second kappa shape index (κ2) is 5.76. The van der Waals surface area contributed by atoms with E-state index in [2.05, 4.69) is 15.9 Å². The summed E-state index contributed by atoms with van der Waals surface area (Å²) in [5, 5.41) is 19.9. The molecule has 1 fully saturated rings. The van der Waals surface area contributed by atoms with Crippen molar-refractivity contribution in [2.24, 2.45) is 0 Å². The Morgan fingerprint density at radius 1 is 1.48 bits per heavy atom. The maximum atomic E-state index is 13.5. The average molecular weight is 361 g/mol. The smallest absolute Gasteiger partial charge is 0.326 e. The van der Waals surface area contributed by atoms with Crippen LogP contribution in [0.4, 0.5) is 10.1 Å². The summed E-state index contributed by atoms with van der Waals surface area (Å²) in [5.41, 5.74) is -0.834. The number of nitro benzene ring substituents is 1. The number of rotatable bonds is 3. The topological polar surface area (TPSA) is 101 Å².